The summed E-state index contributed by atoms with van der Waals surface area (Å²) < 4.78 is 10.5. The first-order chi connectivity index (χ1) is 11.1. The van der Waals surface area contributed by atoms with Crippen molar-refractivity contribution < 1.29 is 19.1 Å². The second-order valence-corrected chi connectivity index (χ2v) is 4.79. The van der Waals surface area contributed by atoms with Crippen LogP contribution in [0.4, 0.5) is 10.6 Å². The van der Waals surface area contributed by atoms with Crippen LogP contribution in [0.5, 0.6) is 11.5 Å². The Morgan fingerprint density at radius 1 is 1.17 bits per heavy atom. The number of rotatable bonds is 4. The zero-order chi connectivity index (χ0) is 16.2. The van der Waals surface area contributed by atoms with Crippen molar-refractivity contribution in [1.82, 2.24) is 10.3 Å². The highest BCUT2D eigenvalue weighted by atomic mass is 16.7. The Morgan fingerprint density at radius 3 is 2.74 bits per heavy atom. The molecular formula is C15H14N4O4. The molecule has 8 nitrogen and oxygen atoms in total. The Balaban J connectivity index is 1.54. The van der Waals surface area contributed by atoms with Crippen molar-refractivity contribution in [2.24, 2.45) is 5.73 Å². The van der Waals surface area contributed by atoms with E-state index in [4.69, 9.17) is 15.2 Å². The number of urea groups is 1. The van der Waals surface area contributed by atoms with Gasteiger partial charge >= 0.3 is 6.03 Å². The topological polar surface area (TPSA) is 116 Å². The van der Waals surface area contributed by atoms with Crippen LogP contribution in [-0.4, -0.2) is 23.7 Å². The number of anilines is 1. The lowest BCUT2D eigenvalue weighted by atomic mass is 10.2. The Labute approximate surface area is 131 Å². The predicted molar refractivity (Wildman–Crippen MR) is 81.2 cm³/mol. The molecule has 0 bridgehead atoms. The largest absolute Gasteiger partial charge is 0.454 e. The minimum absolute atomic E-state index is 0.208. The number of pyridine rings is 1. The first-order valence-electron chi connectivity index (χ1n) is 6.81. The van der Waals surface area contributed by atoms with Crippen LogP contribution in [0.15, 0.2) is 36.5 Å². The minimum Gasteiger partial charge on any atom is -0.454 e. The van der Waals surface area contributed by atoms with Gasteiger partial charge in [-0.2, -0.15) is 0 Å². The second-order valence-electron chi connectivity index (χ2n) is 4.79. The van der Waals surface area contributed by atoms with E-state index < -0.39 is 11.9 Å². The molecule has 3 amide bonds. The Bertz CT molecular complexity index is 746. The summed E-state index contributed by atoms with van der Waals surface area (Å²) in [5.41, 5.74) is 6.27. The number of benzene rings is 1. The smallest absolute Gasteiger partial charge is 0.320 e. The van der Waals surface area contributed by atoms with Crippen LogP contribution >= 0.6 is 0 Å². The van der Waals surface area contributed by atoms with E-state index in [1.165, 1.54) is 18.3 Å². The number of ether oxygens (including phenoxy) is 2. The number of carbonyl (C=O) groups excluding carboxylic acids is 2. The number of fused-ring (bicyclic) bond motifs is 1. The molecule has 0 saturated heterocycles. The summed E-state index contributed by atoms with van der Waals surface area (Å²) in [4.78, 5) is 26.7. The molecule has 1 aromatic carbocycles. The van der Waals surface area contributed by atoms with Crippen molar-refractivity contribution in [2.75, 3.05) is 12.1 Å². The molecule has 0 saturated carbocycles. The summed E-state index contributed by atoms with van der Waals surface area (Å²) in [7, 11) is 0. The van der Waals surface area contributed by atoms with Gasteiger partial charge in [-0.25, -0.2) is 9.78 Å². The van der Waals surface area contributed by atoms with Gasteiger partial charge in [0.1, 0.15) is 5.82 Å². The van der Waals surface area contributed by atoms with Crippen LogP contribution in [0.1, 0.15) is 15.9 Å². The van der Waals surface area contributed by atoms with E-state index in [2.05, 4.69) is 15.6 Å². The highest BCUT2D eigenvalue weighted by molar-refractivity contribution is 5.93. The highest BCUT2D eigenvalue weighted by Crippen LogP contribution is 2.32. The number of hydrogen-bond acceptors (Lipinski definition) is 5. The van der Waals surface area contributed by atoms with Crippen LogP contribution < -0.4 is 25.8 Å². The van der Waals surface area contributed by atoms with Gasteiger partial charge in [0, 0.05) is 12.7 Å². The number of primary amides is 1. The fraction of sp³-hybridized carbons (Fsp3) is 0.133. The molecule has 1 aromatic heterocycles. The molecule has 1 aliphatic heterocycles. The molecule has 1 aliphatic rings. The number of hydrogen-bond donors (Lipinski definition) is 3. The molecule has 118 valence electrons. The minimum atomic E-state index is -0.573. The van der Waals surface area contributed by atoms with Crippen LogP contribution in [0.2, 0.25) is 0 Å². The molecule has 0 spiro atoms. The summed E-state index contributed by atoms with van der Waals surface area (Å²) >= 11 is 0. The lowest BCUT2D eigenvalue weighted by Gasteiger charge is -2.08. The first-order valence-corrected chi connectivity index (χ1v) is 6.81. The number of nitrogens with zero attached hydrogens (tertiary/aromatic N) is 1. The van der Waals surface area contributed by atoms with Gasteiger partial charge in [-0.1, -0.05) is 6.07 Å². The monoisotopic (exact) mass is 314 g/mol. The third kappa shape index (κ3) is 3.49. The maximum absolute atomic E-state index is 11.8. The molecule has 2 heterocycles. The standard InChI is InChI=1S/C15H14N4O4/c16-14(20)10-2-4-13(17-7-10)19-15(21)18-6-9-1-3-11-12(5-9)23-8-22-11/h1-5,7H,6,8H2,(H2,16,20)(H2,17,18,19,21). The fourth-order valence-electron chi connectivity index (χ4n) is 2.01. The maximum atomic E-state index is 11.8. The molecule has 3 rings (SSSR count). The van der Waals surface area contributed by atoms with E-state index in [9.17, 15) is 9.59 Å². The Kier molecular flexibility index (Phi) is 3.96. The predicted octanol–water partition coefficient (Wildman–Crippen LogP) is 1.23. The zero-order valence-electron chi connectivity index (χ0n) is 12.0. The SMILES string of the molecule is NC(=O)c1ccc(NC(=O)NCc2ccc3c(c2)OCO3)nc1. The average Bonchev–Trinajstić information content (AvgIpc) is 3.01. The summed E-state index contributed by atoms with van der Waals surface area (Å²) in [5.74, 6) is 1.10. The first kappa shape index (κ1) is 14.6. The zero-order valence-corrected chi connectivity index (χ0v) is 12.0. The van der Waals surface area contributed by atoms with E-state index >= 15 is 0 Å². The number of aromatic nitrogens is 1. The van der Waals surface area contributed by atoms with Crippen molar-refractivity contribution in [1.29, 1.82) is 0 Å². The Hall–Kier alpha value is -3.29. The number of nitrogens with two attached hydrogens (primary N) is 1. The number of amides is 3. The fourth-order valence-corrected chi connectivity index (χ4v) is 2.01. The number of nitrogens with one attached hydrogen (secondary N) is 2. The van der Waals surface area contributed by atoms with Gasteiger partial charge in [0.15, 0.2) is 11.5 Å². The summed E-state index contributed by atoms with van der Waals surface area (Å²) in [6, 6.07) is 8.02. The van der Waals surface area contributed by atoms with E-state index in [-0.39, 0.29) is 12.4 Å². The van der Waals surface area contributed by atoms with Gasteiger partial charge < -0.3 is 20.5 Å². The van der Waals surface area contributed by atoms with Crippen molar-refractivity contribution in [3.05, 3.63) is 47.7 Å². The van der Waals surface area contributed by atoms with Gasteiger partial charge in [-0.05, 0) is 29.8 Å². The lowest BCUT2D eigenvalue weighted by molar-refractivity contribution is 0.1000. The van der Waals surface area contributed by atoms with Gasteiger partial charge in [0.25, 0.3) is 0 Å². The van der Waals surface area contributed by atoms with Crippen LogP contribution in [0.3, 0.4) is 0 Å². The Morgan fingerprint density at radius 2 is 2.00 bits per heavy atom. The van der Waals surface area contributed by atoms with E-state index in [0.717, 1.165) is 5.56 Å². The van der Waals surface area contributed by atoms with Crippen LogP contribution in [0, 0.1) is 0 Å². The maximum Gasteiger partial charge on any atom is 0.320 e. The van der Waals surface area contributed by atoms with Gasteiger partial charge in [-0.15, -0.1) is 0 Å². The normalized spacial score (nSPS) is 11.8. The van der Waals surface area contributed by atoms with Gasteiger partial charge in [0.05, 0.1) is 5.56 Å². The molecule has 0 unspecified atom stereocenters. The molecule has 0 radical (unpaired) electrons. The summed E-state index contributed by atoms with van der Waals surface area (Å²) in [6.45, 7) is 0.529. The lowest BCUT2D eigenvalue weighted by Crippen LogP contribution is -2.28. The van der Waals surface area contributed by atoms with Gasteiger partial charge in [-0.3, -0.25) is 10.1 Å². The molecule has 8 heteroatoms. The van der Waals surface area contributed by atoms with Crippen LogP contribution in [0.25, 0.3) is 0 Å². The van der Waals surface area contributed by atoms with E-state index in [1.54, 1.807) is 6.07 Å². The van der Waals surface area contributed by atoms with Crippen LogP contribution in [-0.2, 0) is 6.54 Å². The second kappa shape index (κ2) is 6.22. The van der Waals surface area contributed by atoms with Crippen molar-refractivity contribution in [3.63, 3.8) is 0 Å². The molecule has 4 N–H and O–H groups in total. The third-order valence-electron chi connectivity index (χ3n) is 3.18. The van der Waals surface area contributed by atoms with E-state index in [1.807, 2.05) is 12.1 Å². The molecule has 0 aliphatic carbocycles. The van der Waals surface area contributed by atoms with E-state index in [0.29, 0.717) is 23.9 Å². The molecular weight excluding hydrogens is 300 g/mol. The molecule has 23 heavy (non-hydrogen) atoms. The quantitative estimate of drug-likeness (QED) is 0.785. The molecule has 0 atom stereocenters. The third-order valence-corrected chi connectivity index (χ3v) is 3.18. The molecule has 0 fully saturated rings. The summed E-state index contributed by atoms with van der Waals surface area (Å²) in [6.07, 6.45) is 1.30. The van der Waals surface area contributed by atoms with Crippen molar-refractivity contribution in [2.45, 2.75) is 6.54 Å². The van der Waals surface area contributed by atoms with Gasteiger partial charge in [0.2, 0.25) is 12.7 Å². The highest BCUT2D eigenvalue weighted by Gasteiger charge is 2.13. The van der Waals surface area contributed by atoms with Crippen molar-refractivity contribution >= 4 is 17.8 Å². The average molecular weight is 314 g/mol. The summed E-state index contributed by atoms with van der Waals surface area (Å²) in [5, 5.41) is 5.26. The number of carbonyl (C=O) groups is 2. The van der Waals surface area contributed by atoms with Crippen molar-refractivity contribution in [3.8, 4) is 11.5 Å². The molecule has 2 aromatic rings.